The van der Waals surface area contributed by atoms with Crippen molar-refractivity contribution in [1.82, 2.24) is 4.98 Å². The molecule has 0 aliphatic carbocycles. The average Bonchev–Trinajstić information content (AvgIpc) is 2.71. The average molecular weight is 218 g/mol. The van der Waals surface area contributed by atoms with Crippen LogP contribution in [0.5, 0.6) is 0 Å². The van der Waals surface area contributed by atoms with Gasteiger partial charge in [-0.2, -0.15) is 0 Å². The van der Waals surface area contributed by atoms with E-state index in [1.54, 1.807) is 17.5 Å². The van der Waals surface area contributed by atoms with E-state index in [2.05, 4.69) is 17.1 Å². The molecule has 2 aromatic rings. The predicted octanol–water partition coefficient (Wildman–Crippen LogP) is 2.56. The van der Waals surface area contributed by atoms with Crippen LogP contribution < -0.4 is 5.73 Å². The fourth-order valence-corrected chi connectivity index (χ4v) is 2.31. The molecule has 0 fully saturated rings. The van der Waals surface area contributed by atoms with Gasteiger partial charge in [0, 0.05) is 11.6 Å². The highest BCUT2D eigenvalue weighted by Gasteiger charge is 2.24. The highest BCUT2D eigenvalue weighted by Crippen LogP contribution is 2.24. The fraction of sp³-hybridized carbons (Fsp3) is 0.250. The summed E-state index contributed by atoms with van der Waals surface area (Å²) in [5.41, 5.74) is 7.14. The van der Waals surface area contributed by atoms with Crippen LogP contribution in [0.4, 0.5) is 0 Å². The first-order chi connectivity index (χ1) is 7.18. The molecule has 1 heterocycles. The normalized spacial score (nSPS) is 14.8. The zero-order valence-electron chi connectivity index (χ0n) is 8.68. The van der Waals surface area contributed by atoms with Gasteiger partial charge in [0.15, 0.2) is 0 Å². The summed E-state index contributed by atoms with van der Waals surface area (Å²) in [5.74, 6) is 0. The van der Waals surface area contributed by atoms with Crippen molar-refractivity contribution in [2.24, 2.45) is 5.73 Å². The maximum absolute atomic E-state index is 6.26. The van der Waals surface area contributed by atoms with Crippen LogP contribution in [0.1, 0.15) is 17.5 Å². The summed E-state index contributed by atoms with van der Waals surface area (Å²) in [6, 6.07) is 10.3. The lowest BCUT2D eigenvalue weighted by atomic mass is 9.95. The molecule has 0 bridgehead atoms. The summed E-state index contributed by atoms with van der Waals surface area (Å²) in [6.45, 7) is 2.03. The Morgan fingerprint density at radius 3 is 2.67 bits per heavy atom. The Bertz CT molecular complexity index is 406. The summed E-state index contributed by atoms with van der Waals surface area (Å²) in [7, 11) is 0. The molecular formula is C12H14N2S. The van der Waals surface area contributed by atoms with Gasteiger partial charge >= 0.3 is 0 Å². The first-order valence-electron chi connectivity index (χ1n) is 4.91. The lowest BCUT2D eigenvalue weighted by molar-refractivity contribution is 0.488. The van der Waals surface area contributed by atoms with Gasteiger partial charge in [0.25, 0.3) is 0 Å². The molecule has 3 heteroatoms. The molecular weight excluding hydrogens is 204 g/mol. The molecule has 78 valence electrons. The van der Waals surface area contributed by atoms with Crippen LogP contribution in [-0.4, -0.2) is 4.98 Å². The molecule has 1 aromatic heterocycles. The topological polar surface area (TPSA) is 38.9 Å². The van der Waals surface area contributed by atoms with Crippen LogP contribution >= 0.6 is 11.3 Å². The summed E-state index contributed by atoms with van der Waals surface area (Å²) in [5, 5.41) is 2.96. The maximum Gasteiger partial charge on any atom is 0.112 e. The van der Waals surface area contributed by atoms with Crippen molar-refractivity contribution in [3.8, 4) is 0 Å². The summed E-state index contributed by atoms with van der Waals surface area (Å²) >= 11 is 1.61. The van der Waals surface area contributed by atoms with Crippen molar-refractivity contribution in [1.29, 1.82) is 0 Å². The third kappa shape index (κ3) is 2.43. The Hall–Kier alpha value is -1.19. The van der Waals surface area contributed by atoms with Crippen molar-refractivity contribution >= 4 is 11.3 Å². The standard InChI is InChI=1S/C12H14N2S/c1-12(13,11-14-7-8-15-11)9-10-5-3-2-4-6-10/h2-8H,9,13H2,1H3. The summed E-state index contributed by atoms with van der Waals surface area (Å²) < 4.78 is 0. The number of nitrogens with zero attached hydrogens (tertiary/aromatic N) is 1. The maximum atomic E-state index is 6.26. The second-order valence-corrected chi connectivity index (χ2v) is 4.81. The van der Waals surface area contributed by atoms with E-state index in [0.29, 0.717) is 0 Å². The van der Waals surface area contributed by atoms with Gasteiger partial charge in [-0.1, -0.05) is 30.3 Å². The van der Waals surface area contributed by atoms with E-state index in [1.165, 1.54) is 5.56 Å². The molecule has 0 amide bonds. The van der Waals surface area contributed by atoms with Gasteiger partial charge in [-0.25, -0.2) is 4.98 Å². The molecule has 0 spiro atoms. The third-order valence-electron chi connectivity index (χ3n) is 2.34. The largest absolute Gasteiger partial charge is 0.319 e. The van der Waals surface area contributed by atoms with Crippen molar-refractivity contribution in [3.63, 3.8) is 0 Å². The highest BCUT2D eigenvalue weighted by atomic mass is 32.1. The number of hydrogen-bond acceptors (Lipinski definition) is 3. The number of nitrogens with two attached hydrogens (primary N) is 1. The molecule has 1 aromatic carbocycles. The van der Waals surface area contributed by atoms with Gasteiger partial charge < -0.3 is 5.73 Å². The van der Waals surface area contributed by atoms with Gasteiger partial charge in [0.2, 0.25) is 0 Å². The fourth-order valence-electron chi connectivity index (χ4n) is 1.60. The van der Waals surface area contributed by atoms with Crippen molar-refractivity contribution < 1.29 is 0 Å². The third-order valence-corrected chi connectivity index (χ3v) is 3.39. The van der Waals surface area contributed by atoms with Gasteiger partial charge in [0.05, 0.1) is 5.54 Å². The van der Waals surface area contributed by atoms with E-state index in [1.807, 2.05) is 30.5 Å². The molecule has 2 nitrogen and oxygen atoms in total. The lowest BCUT2D eigenvalue weighted by Crippen LogP contribution is -2.35. The Labute approximate surface area is 93.8 Å². The number of hydrogen-bond donors (Lipinski definition) is 1. The van der Waals surface area contributed by atoms with E-state index < -0.39 is 0 Å². The molecule has 0 radical (unpaired) electrons. The van der Waals surface area contributed by atoms with Crippen molar-refractivity contribution in [2.75, 3.05) is 0 Å². The molecule has 1 atom stereocenters. The summed E-state index contributed by atoms with van der Waals surface area (Å²) in [6.07, 6.45) is 2.62. The quantitative estimate of drug-likeness (QED) is 0.860. The zero-order valence-corrected chi connectivity index (χ0v) is 9.50. The molecule has 2 rings (SSSR count). The van der Waals surface area contributed by atoms with Crippen LogP contribution in [0.2, 0.25) is 0 Å². The molecule has 1 unspecified atom stereocenters. The second kappa shape index (κ2) is 4.13. The van der Waals surface area contributed by atoms with E-state index >= 15 is 0 Å². The Morgan fingerprint density at radius 1 is 1.33 bits per heavy atom. The first kappa shape index (κ1) is 10.3. The van der Waals surface area contributed by atoms with Crippen LogP contribution in [0, 0.1) is 0 Å². The highest BCUT2D eigenvalue weighted by molar-refractivity contribution is 7.09. The SMILES string of the molecule is CC(N)(Cc1ccccc1)c1nccs1. The predicted molar refractivity (Wildman–Crippen MR) is 63.8 cm³/mol. The van der Waals surface area contributed by atoms with E-state index in [4.69, 9.17) is 5.73 Å². The van der Waals surface area contributed by atoms with E-state index in [-0.39, 0.29) is 5.54 Å². The van der Waals surface area contributed by atoms with Crippen LogP contribution in [0.15, 0.2) is 41.9 Å². The van der Waals surface area contributed by atoms with Gasteiger partial charge in [-0.05, 0) is 18.9 Å². The molecule has 0 aliphatic heterocycles. The Balaban J connectivity index is 2.18. The zero-order chi connectivity index (χ0) is 10.7. The minimum absolute atomic E-state index is 0.366. The van der Waals surface area contributed by atoms with Crippen LogP contribution in [-0.2, 0) is 12.0 Å². The molecule has 15 heavy (non-hydrogen) atoms. The number of rotatable bonds is 3. The molecule has 0 saturated carbocycles. The monoisotopic (exact) mass is 218 g/mol. The number of benzene rings is 1. The van der Waals surface area contributed by atoms with Crippen LogP contribution in [0.25, 0.3) is 0 Å². The number of aromatic nitrogens is 1. The first-order valence-corrected chi connectivity index (χ1v) is 5.79. The lowest BCUT2D eigenvalue weighted by Gasteiger charge is -2.21. The Kier molecular flexibility index (Phi) is 2.84. The van der Waals surface area contributed by atoms with Crippen molar-refractivity contribution in [3.05, 3.63) is 52.5 Å². The van der Waals surface area contributed by atoms with Gasteiger partial charge in [-0.3, -0.25) is 0 Å². The minimum Gasteiger partial charge on any atom is -0.319 e. The van der Waals surface area contributed by atoms with E-state index in [0.717, 1.165) is 11.4 Å². The Morgan fingerprint density at radius 2 is 2.07 bits per heavy atom. The smallest absolute Gasteiger partial charge is 0.112 e. The van der Waals surface area contributed by atoms with E-state index in [9.17, 15) is 0 Å². The van der Waals surface area contributed by atoms with Crippen LogP contribution in [0.3, 0.4) is 0 Å². The summed E-state index contributed by atoms with van der Waals surface area (Å²) in [4.78, 5) is 4.28. The number of thiazole rings is 1. The molecule has 0 saturated heterocycles. The van der Waals surface area contributed by atoms with Gasteiger partial charge in [0.1, 0.15) is 5.01 Å². The van der Waals surface area contributed by atoms with Gasteiger partial charge in [-0.15, -0.1) is 11.3 Å². The molecule has 0 aliphatic rings. The second-order valence-electron chi connectivity index (χ2n) is 3.92. The minimum atomic E-state index is -0.366. The molecule has 2 N–H and O–H groups in total. The van der Waals surface area contributed by atoms with Crippen molar-refractivity contribution in [2.45, 2.75) is 18.9 Å².